The van der Waals surface area contributed by atoms with Crippen LogP contribution >= 0.6 is 0 Å². The Balaban J connectivity index is 1.83. The van der Waals surface area contributed by atoms with Gasteiger partial charge in [0.25, 0.3) is 0 Å². The highest BCUT2D eigenvalue weighted by atomic mass is 16.6. The summed E-state index contributed by atoms with van der Waals surface area (Å²) in [4.78, 5) is 11.6. The number of aliphatic hydroxyl groups excluding tert-OH is 1. The van der Waals surface area contributed by atoms with E-state index in [2.05, 4.69) is 11.4 Å². The lowest BCUT2D eigenvalue weighted by Gasteiger charge is -2.19. The molecule has 0 spiro atoms. The van der Waals surface area contributed by atoms with Crippen molar-refractivity contribution in [2.45, 2.75) is 25.5 Å². The van der Waals surface area contributed by atoms with Crippen LogP contribution < -0.4 is 5.32 Å². The number of carbonyl (C=O) groups excluding carboxylic acids is 1. The highest BCUT2D eigenvalue weighted by Crippen LogP contribution is 2.49. The number of hydrogen-bond acceptors (Lipinski definition) is 4. The number of nitrogens with one attached hydrogen (secondary N) is 1. The Morgan fingerprint density at radius 1 is 1.47 bits per heavy atom. The summed E-state index contributed by atoms with van der Waals surface area (Å²) in [7, 11) is 0. The molecule has 0 heterocycles. The van der Waals surface area contributed by atoms with Gasteiger partial charge in [-0.25, -0.2) is 4.79 Å². The van der Waals surface area contributed by atoms with Crippen molar-refractivity contribution in [1.29, 1.82) is 5.26 Å². The van der Waals surface area contributed by atoms with Crippen LogP contribution in [0.5, 0.6) is 0 Å². The van der Waals surface area contributed by atoms with E-state index in [9.17, 15) is 9.90 Å². The smallest absolute Gasteiger partial charge is 0.407 e. The molecule has 1 amide bonds. The van der Waals surface area contributed by atoms with Crippen LogP contribution in [0.1, 0.15) is 18.4 Å². The second-order valence-corrected chi connectivity index (χ2v) is 4.68. The lowest BCUT2D eigenvalue weighted by Crippen LogP contribution is -2.35. The first-order chi connectivity index (χ1) is 9.20. The van der Waals surface area contributed by atoms with Gasteiger partial charge >= 0.3 is 6.09 Å². The van der Waals surface area contributed by atoms with E-state index in [1.165, 1.54) is 0 Å². The van der Waals surface area contributed by atoms with E-state index in [1.807, 2.05) is 30.3 Å². The fourth-order valence-corrected chi connectivity index (χ4v) is 1.91. The van der Waals surface area contributed by atoms with Gasteiger partial charge in [-0.15, -0.1) is 0 Å². The normalized spacial score (nSPS) is 17.1. The predicted octanol–water partition coefficient (Wildman–Crippen LogP) is 1.58. The van der Waals surface area contributed by atoms with Gasteiger partial charge in [-0.05, 0) is 18.4 Å². The topological polar surface area (TPSA) is 82.3 Å². The van der Waals surface area contributed by atoms with Crippen molar-refractivity contribution < 1.29 is 14.6 Å². The Kier molecular flexibility index (Phi) is 4.03. The van der Waals surface area contributed by atoms with E-state index in [0.717, 1.165) is 5.56 Å². The molecule has 1 aliphatic carbocycles. The van der Waals surface area contributed by atoms with Gasteiger partial charge in [-0.3, -0.25) is 0 Å². The fraction of sp³-hybridized carbons (Fsp3) is 0.429. The first kappa shape index (κ1) is 13.4. The molecule has 0 bridgehead atoms. The quantitative estimate of drug-likeness (QED) is 0.842. The summed E-state index contributed by atoms with van der Waals surface area (Å²) in [6.45, 7) is 0.0314. The molecule has 0 aromatic heterocycles. The minimum absolute atomic E-state index is 0.327. The molecule has 2 rings (SSSR count). The van der Waals surface area contributed by atoms with Crippen molar-refractivity contribution in [3.63, 3.8) is 0 Å². The number of alkyl carbamates (subject to hydrolysis) is 1. The molecule has 19 heavy (non-hydrogen) atoms. The number of carbonyl (C=O) groups is 1. The standard InChI is InChI=1S/C14H16N2O3/c15-10-14(6-7-14)12(9-17)19-13(18)16-8-11-4-2-1-3-5-11/h1-5,12,17H,6-9H2,(H,16,18)/t12-/m0/s1. The van der Waals surface area contributed by atoms with Gasteiger partial charge in [0.2, 0.25) is 0 Å². The monoisotopic (exact) mass is 260 g/mol. The average molecular weight is 260 g/mol. The van der Waals surface area contributed by atoms with Gasteiger partial charge in [0.05, 0.1) is 18.1 Å². The lowest BCUT2D eigenvalue weighted by molar-refractivity contribution is 0.0283. The summed E-state index contributed by atoms with van der Waals surface area (Å²) in [5.74, 6) is 0. The van der Waals surface area contributed by atoms with E-state index in [1.54, 1.807) is 0 Å². The van der Waals surface area contributed by atoms with Crippen LogP contribution in [0.2, 0.25) is 0 Å². The van der Waals surface area contributed by atoms with Crippen molar-refractivity contribution in [2.75, 3.05) is 6.61 Å². The van der Waals surface area contributed by atoms with Crippen molar-refractivity contribution >= 4 is 6.09 Å². The van der Waals surface area contributed by atoms with E-state index in [-0.39, 0.29) is 6.61 Å². The molecule has 1 fully saturated rings. The van der Waals surface area contributed by atoms with Crippen LogP contribution in [0.3, 0.4) is 0 Å². The summed E-state index contributed by atoms with van der Waals surface area (Å²) < 4.78 is 5.12. The number of nitrogens with zero attached hydrogens (tertiary/aromatic N) is 1. The Labute approximate surface area is 111 Å². The van der Waals surface area contributed by atoms with Gasteiger partial charge < -0.3 is 15.2 Å². The van der Waals surface area contributed by atoms with E-state index >= 15 is 0 Å². The third-order valence-electron chi connectivity index (χ3n) is 3.32. The van der Waals surface area contributed by atoms with E-state index in [0.29, 0.717) is 19.4 Å². The maximum absolute atomic E-state index is 11.6. The number of rotatable bonds is 5. The summed E-state index contributed by atoms with van der Waals surface area (Å²) in [6, 6.07) is 11.6. The van der Waals surface area contributed by atoms with E-state index in [4.69, 9.17) is 10.00 Å². The molecule has 0 unspecified atom stereocenters. The van der Waals surface area contributed by atoms with Crippen LogP contribution in [0.4, 0.5) is 4.79 Å². The molecular weight excluding hydrogens is 244 g/mol. The Hall–Kier alpha value is -2.06. The van der Waals surface area contributed by atoms with Crippen LogP contribution in [-0.4, -0.2) is 23.9 Å². The van der Waals surface area contributed by atoms with Gasteiger partial charge in [-0.1, -0.05) is 30.3 Å². The number of ether oxygens (including phenoxy) is 1. The minimum Gasteiger partial charge on any atom is -0.442 e. The van der Waals surface area contributed by atoms with Crippen LogP contribution in [-0.2, 0) is 11.3 Å². The van der Waals surface area contributed by atoms with Crippen LogP contribution in [0, 0.1) is 16.7 Å². The second kappa shape index (κ2) is 5.72. The molecule has 0 aliphatic heterocycles. The molecule has 5 heteroatoms. The molecule has 1 aromatic carbocycles. The Bertz CT molecular complexity index is 477. The number of hydrogen-bond donors (Lipinski definition) is 2. The third kappa shape index (κ3) is 3.24. The zero-order chi connectivity index (χ0) is 13.7. The zero-order valence-corrected chi connectivity index (χ0v) is 10.5. The van der Waals surface area contributed by atoms with Crippen molar-refractivity contribution in [3.05, 3.63) is 35.9 Å². The van der Waals surface area contributed by atoms with Crippen molar-refractivity contribution in [3.8, 4) is 6.07 Å². The summed E-state index contributed by atoms with van der Waals surface area (Å²) in [5, 5.41) is 20.8. The molecule has 2 N–H and O–H groups in total. The number of amides is 1. The van der Waals surface area contributed by atoms with Crippen molar-refractivity contribution in [2.24, 2.45) is 5.41 Å². The molecule has 5 nitrogen and oxygen atoms in total. The fourth-order valence-electron chi connectivity index (χ4n) is 1.91. The maximum atomic E-state index is 11.6. The number of nitriles is 1. The second-order valence-electron chi connectivity index (χ2n) is 4.68. The Morgan fingerprint density at radius 3 is 2.68 bits per heavy atom. The average Bonchev–Trinajstić information content (AvgIpc) is 3.24. The molecule has 1 atom stereocenters. The number of aliphatic hydroxyl groups is 1. The SMILES string of the molecule is N#CC1([C@H](CO)OC(=O)NCc2ccccc2)CC1. The number of benzene rings is 1. The first-order valence-corrected chi connectivity index (χ1v) is 6.21. The van der Waals surface area contributed by atoms with Crippen LogP contribution in [0.25, 0.3) is 0 Å². The lowest BCUT2D eigenvalue weighted by atomic mass is 10.0. The van der Waals surface area contributed by atoms with Crippen molar-refractivity contribution in [1.82, 2.24) is 5.32 Å². The van der Waals surface area contributed by atoms with Crippen LogP contribution in [0.15, 0.2) is 30.3 Å². The molecule has 1 saturated carbocycles. The first-order valence-electron chi connectivity index (χ1n) is 6.21. The Morgan fingerprint density at radius 2 is 2.16 bits per heavy atom. The van der Waals surface area contributed by atoms with E-state index < -0.39 is 17.6 Å². The summed E-state index contributed by atoms with van der Waals surface area (Å²) in [5.41, 5.74) is 0.278. The molecule has 100 valence electrons. The summed E-state index contributed by atoms with van der Waals surface area (Å²) >= 11 is 0. The third-order valence-corrected chi connectivity index (χ3v) is 3.32. The van der Waals surface area contributed by atoms with Gasteiger partial charge in [0.15, 0.2) is 0 Å². The van der Waals surface area contributed by atoms with Gasteiger partial charge in [0.1, 0.15) is 6.10 Å². The molecule has 1 aromatic rings. The largest absolute Gasteiger partial charge is 0.442 e. The minimum atomic E-state index is -0.742. The van der Waals surface area contributed by atoms with Gasteiger partial charge in [0, 0.05) is 6.54 Å². The highest BCUT2D eigenvalue weighted by molar-refractivity contribution is 5.67. The maximum Gasteiger partial charge on any atom is 0.407 e. The summed E-state index contributed by atoms with van der Waals surface area (Å²) in [6.07, 6.45) is -0.0146. The van der Waals surface area contributed by atoms with Gasteiger partial charge in [-0.2, -0.15) is 5.26 Å². The highest BCUT2D eigenvalue weighted by Gasteiger charge is 2.52. The molecule has 0 radical (unpaired) electrons. The zero-order valence-electron chi connectivity index (χ0n) is 10.5. The molecular formula is C14H16N2O3. The predicted molar refractivity (Wildman–Crippen MR) is 67.9 cm³/mol. The molecule has 0 saturated heterocycles. The molecule has 1 aliphatic rings.